The molecule has 1 amide bonds. The Labute approximate surface area is 283 Å². The van der Waals surface area contributed by atoms with Crippen LogP contribution in [0.15, 0.2) is 129 Å². The lowest BCUT2D eigenvalue weighted by Gasteiger charge is -2.25. The first-order chi connectivity index (χ1) is 22.8. The Morgan fingerprint density at radius 3 is 2.49 bits per heavy atom. The SMILES string of the molecule is COc1cccc([C@@H]2C(C(=O)Nc3ccccc3)=C(C)N=c3s/c(=C\c4c(C)n(Cc5ccc(Br)cc5)c5ccccc45)c(=O)n32)c1. The summed E-state index contributed by atoms with van der Waals surface area (Å²) in [6, 6.07) is 32.7. The van der Waals surface area contributed by atoms with E-state index >= 15 is 0 Å². The minimum atomic E-state index is -0.702. The predicted molar refractivity (Wildman–Crippen MR) is 192 cm³/mol. The number of thiazole rings is 1. The van der Waals surface area contributed by atoms with Crippen molar-refractivity contribution in [3.05, 3.63) is 161 Å². The zero-order valence-corrected chi connectivity index (χ0v) is 28.4. The van der Waals surface area contributed by atoms with Crippen molar-refractivity contribution < 1.29 is 9.53 Å². The van der Waals surface area contributed by atoms with Crippen LogP contribution in [0.1, 0.15) is 35.3 Å². The summed E-state index contributed by atoms with van der Waals surface area (Å²) in [5, 5.41) is 4.07. The fourth-order valence-electron chi connectivity index (χ4n) is 6.21. The zero-order chi connectivity index (χ0) is 32.7. The van der Waals surface area contributed by atoms with E-state index in [-0.39, 0.29) is 11.5 Å². The number of nitrogens with zero attached hydrogens (tertiary/aromatic N) is 3. The van der Waals surface area contributed by atoms with Crippen LogP contribution in [0.25, 0.3) is 17.0 Å². The average molecular weight is 704 g/mol. The standard InChI is InChI=1S/C38H31BrN4O3S/c1-23-34(36(44)41-28-11-5-4-6-12-28)35(26-10-9-13-29(20-26)46-3)43-37(45)33(47-38(43)40-23)21-31-24(2)42(32-15-8-7-14-30(31)32)22-25-16-18-27(39)19-17-25/h4-21,35H,22H2,1-3H3,(H,41,44)/b33-21-/t35-/m1/s1. The molecule has 0 saturated carbocycles. The van der Waals surface area contributed by atoms with Gasteiger partial charge in [0.15, 0.2) is 4.80 Å². The van der Waals surface area contributed by atoms with Gasteiger partial charge in [-0.05, 0) is 73.5 Å². The molecular weight excluding hydrogens is 672 g/mol. The van der Waals surface area contributed by atoms with E-state index in [4.69, 9.17) is 9.73 Å². The number of aromatic nitrogens is 2. The van der Waals surface area contributed by atoms with Gasteiger partial charge in [0, 0.05) is 38.9 Å². The highest BCUT2D eigenvalue weighted by Crippen LogP contribution is 2.33. The Hall–Kier alpha value is -4.99. The molecule has 6 aromatic rings. The van der Waals surface area contributed by atoms with Gasteiger partial charge in [-0.1, -0.05) is 87.9 Å². The van der Waals surface area contributed by atoms with Crippen molar-refractivity contribution in [2.24, 2.45) is 4.99 Å². The lowest BCUT2D eigenvalue weighted by atomic mass is 9.95. The number of amides is 1. The van der Waals surface area contributed by atoms with Gasteiger partial charge in [0.2, 0.25) is 0 Å². The Morgan fingerprint density at radius 1 is 0.979 bits per heavy atom. The number of hydrogen-bond acceptors (Lipinski definition) is 5. The van der Waals surface area contributed by atoms with E-state index in [0.29, 0.717) is 38.6 Å². The molecule has 0 radical (unpaired) electrons. The summed E-state index contributed by atoms with van der Waals surface area (Å²) in [5.74, 6) is 0.322. The van der Waals surface area contributed by atoms with Gasteiger partial charge in [0.25, 0.3) is 11.5 Å². The quantitative estimate of drug-likeness (QED) is 0.196. The Morgan fingerprint density at radius 2 is 1.72 bits per heavy atom. The van der Waals surface area contributed by atoms with Gasteiger partial charge in [-0.3, -0.25) is 14.2 Å². The molecule has 0 fully saturated rings. The second-order valence-corrected chi connectivity index (χ2v) is 13.3. The number of para-hydroxylation sites is 2. The first kappa shape index (κ1) is 30.7. The monoisotopic (exact) mass is 702 g/mol. The molecule has 3 heterocycles. The molecule has 0 unspecified atom stereocenters. The van der Waals surface area contributed by atoms with Gasteiger partial charge in [-0.15, -0.1) is 0 Å². The van der Waals surface area contributed by atoms with E-state index in [9.17, 15) is 9.59 Å². The van der Waals surface area contributed by atoms with Crippen LogP contribution in [0.5, 0.6) is 5.75 Å². The summed E-state index contributed by atoms with van der Waals surface area (Å²) in [6.07, 6.45) is 1.98. The van der Waals surface area contributed by atoms with Gasteiger partial charge in [0.1, 0.15) is 5.75 Å². The average Bonchev–Trinajstić information content (AvgIpc) is 3.53. The molecule has 234 valence electrons. The highest BCUT2D eigenvalue weighted by Gasteiger charge is 2.33. The normalized spacial score (nSPS) is 14.6. The van der Waals surface area contributed by atoms with Crippen LogP contribution >= 0.6 is 27.3 Å². The van der Waals surface area contributed by atoms with Gasteiger partial charge in [-0.25, -0.2) is 4.99 Å². The number of carbonyl (C=O) groups is 1. The summed E-state index contributed by atoms with van der Waals surface area (Å²) >= 11 is 4.87. The van der Waals surface area contributed by atoms with E-state index in [1.165, 1.54) is 16.9 Å². The van der Waals surface area contributed by atoms with E-state index in [2.05, 4.69) is 57.0 Å². The highest BCUT2D eigenvalue weighted by molar-refractivity contribution is 9.10. The number of anilines is 1. The summed E-state index contributed by atoms with van der Waals surface area (Å²) in [6.45, 7) is 4.62. The summed E-state index contributed by atoms with van der Waals surface area (Å²) in [5.41, 5.74) is 6.49. The third-order valence-corrected chi connectivity index (χ3v) is 10.0. The number of fused-ring (bicyclic) bond motifs is 2. The Kier molecular flexibility index (Phi) is 8.26. The van der Waals surface area contributed by atoms with Crippen molar-refractivity contribution in [1.82, 2.24) is 9.13 Å². The summed E-state index contributed by atoms with van der Waals surface area (Å²) in [7, 11) is 1.60. The fourth-order valence-corrected chi connectivity index (χ4v) is 7.50. The largest absolute Gasteiger partial charge is 0.497 e. The van der Waals surface area contributed by atoms with Crippen LogP contribution in [0.4, 0.5) is 5.69 Å². The number of carbonyl (C=O) groups excluding carboxylic acids is 1. The summed E-state index contributed by atoms with van der Waals surface area (Å²) < 4.78 is 11.1. The Balaban J connectivity index is 1.39. The van der Waals surface area contributed by atoms with Crippen LogP contribution < -0.4 is 24.9 Å². The van der Waals surface area contributed by atoms with E-state index < -0.39 is 6.04 Å². The minimum absolute atomic E-state index is 0.205. The number of hydrogen-bond donors (Lipinski definition) is 1. The van der Waals surface area contributed by atoms with Crippen molar-refractivity contribution >= 4 is 55.8 Å². The molecule has 1 aliphatic rings. The molecule has 7 nitrogen and oxygen atoms in total. The molecule has 1 aliphatic heterocycles. The molecule has 0 aliphatic carbocycles. The van der Waals surface area contributed by atoms with Crippen molar-refractivity contribution in [2.75, 3.05) is 12.4 Å². The molecule has 1 N–H and O–H groups in total. The molecular formula is C38H31BrN4O3S. The summed E-state index contributed by atoms with van der Waals surface area (Å²) in [4.78, 5) is 33.7. The molecule has 9 heteroatoms. The molecule has 2 aromatic heterocycles. The van der Waals surface area contributed by atoms with Crippen molar-refractivity contribution in [2.45, 2.75) is 26.4 Å². The van der Waals surface area contributed by atoms with Gasteiger partial charge in [0.05, 0.1) is 29.0 Å². The van der Waals surface area contributed by atoms with Gasteiger partial charge in [-0.2, -0.15) is 0 Å². The molecule has 7 rings (SSSR count). The van der Waals surface area contributed by atoms with Crippen LogP contribution in [0.2, 0.25) is 0 Å². The zero-order valence-electron chi connectivity index (χ0n) is 26.0. The molecule has 0 bridgehead atoms. The van der Waals surface area contributed by atoms with Gasteiger partial charge >= 0.3 is 0 Å². The third kappa shape index (κ3) is 5.77. The van der Waals surface area contributed by atoms with Gasteiger partial charge < -0.3 is 14.6 Å². The first-order valence-electron chi connectivity index (χ1n) is 15.2. The lowest BCUT2D eigenvalue weighted by Crippen LogP contribution is -2.40. The number of allylic oxidation sites excluding steroid dienone is 1. The first-order valence-corrected chi connectivity index (χ1v) is 16.8. The second kappa shape index (κ2) is 12.7. The molecule has 47 heavy (non-hydrogen) atoms. The molecule has 1 atom stereocenters. The lowest BCUT2D eigenvalue weighted by molar-refractivity contribution is -0.113. The number of halogens is 1. The second-order valence-electron chi connectivity index (χ2n) is 11.4. The number of ether oxygens (including phenoxy) is 1. The molecule has 4 aromatic carbocycles. The van der Waals surface area contributed by atoms with Crippen molar-refractivity contribution in [3.8, 4) is 5.75 Å². The van der Waals surface area contributed by atoms with Crippen LogP contribution in [-0.2, 0) is 11.3 Å². The van der Waals surface area contributed by atoms with Crippen LogP contribution in [0, 0.1) is 6.92 Å². The predicted octanol–water partition coefficient (Wildman–Crippen LogP) is 6.96. The maximum Gasteiger partial charge on any atom is 0.271 e. The third-order valence-electron chi connectivity index (χ3n) is 8.52. The molecule has 0 saturated heterocycles. The Bertz CT molecular complexity index is 2370. The number of methoxy groups -OCH3 is 1. The maximum atomic E-state index is 14.5. The smallest absolute Gasteiger partial charge is 0.271 e. The van der Waals surface area contributed by atoms with E-state index in [1.807, 2.05) is 91.9 Å². The van der Waals surface area contributed by atoms with Crippen LogP contribution in [0.3, 0.4) is 0 Å². The highest BCUT2D eigenvalue weighted by atomic mass is 79.9. The maximum absolute atomic E-state index is 14.5. The fraction of sp³-hybridized carbons (Fsp3) is 0.132. The van der Waals surface area contributed by atoms with E-state index in [0.717, 1.165) is 32.2 Å². The van der Waals surface area contributed by atoms with Crippen LogP contribution in [-0.4, -0.2) is 22.2 Å². The topological polar surface area (TPSA) is 77.6 Å². The molecule has 0 spiro atoms. The number of nitrogens with one attached hydrogen (secondary N) is 1. The van der Waals surface area contributed by atoms with Crippen molar-refractivity contribution in [3.63, 3.8) is 0 Å². The minimum Gasteiger partial charge on any atom is -0.497 e. The van der Waals surface area contributed by atoms with E-state index in [1.54, 1.807) is 11.7 Å². The van der Waals surface area contributed by atoms with Crippen molar-refractivity contribution in [1.29, 1.82) is 0 Å². The number of benzene rings is 4. The number of rotatable bonds is 7.